The Morgan fingerprint density at radius 2 is 2.12 bits per heavy atom. The van der Waals surface area contributed by atoms with Crippen LogP contribution in [-0.4, -0.2) is 34.0 Å². The number of halogens is 1. The molecule has 0 aliphatic rings. The number of aliphatic hydroxyl groups excluding tert-OH is 2. The number of phenols is 1. The number of hydrogen-bond donors (Lipinski definition) is 3. The number of carbonyl (C=O) groups is 1. The SMILES string of the molecule is CCOC(=O)C(O)C(O)c1ccc(O)c(Cl)c1. The Hall–Kier alpha value is -1.30. The molecule has 0 aliphatic carbocycles. The van der Waals surface area contributed by atoms with Crippen LogP contribution in [0.3, 0.4) is 0 Å². The standard InChI is InChI=1S/C11H13ClO5/c1-2-17-11(16)10(15)9(14)6-3-4-8(13)7(12)5-6/h3-5,9-10,13-15H,2H2,1H3. The molecule has 0 saturated heterocycles. The number of rotatable bonds is 4. The molecule has 0 aromatic heterocycles. The van der Waals surface area contributed by atoms with Crippen molar-refractivity contribution in [2.45, 2.75) is 19.1 Å². The Bertz CT molecular complexity index is 407. The van der Waals surface area contributed by atoms with E-state index >= 15 is 0 Å². The van der Waals surface area contributed by atoms with E-state index in [2.05, 4.69) is 4.74 Å². The van der Waals surface area contributed by atoms with Gasteiger partial charge in [0.25, 0.3) is 0 Å². The van der Waals surface area contributed by atoms with Gasteiger partial charge in [0, 0.05) is 0 Å². The van der Waals surface area contributed by atoms with Crippen LogP contribution in [0.5, 0.6) is 5.75 Å². The topological polar surface area (TPSA) is 87.0 Å². The maximum atomic E-state index is 11.2. The molecule has 0 bridgehead atoms. The third kappa shape index (κ3) is 3.33. The van der Waals surface area contributed by atoms with Crippen molar-refractivity contribution in [3.8, 4) is 5.75 Å². The number of aliphatic hydroxyl groups is 2. The first-order valence-corrected chi connectivity index (χ1v) is 5.36. The third-order valence-electron chi connectivity index (χ3n) is 2.14. The van der Waals surface area contributed by atoms with Crippen LogP contribution in [0.2, 0.25) is 5.02 Å². The fraction of sp³-hybridized carbons (Fsp3) is 0.364. The highest BCUT2D eigenvalue weighted by Gasteiger charge is 2.27. The van der Waals surface area contributed by atoms with Crippen LogP contribution in [0.1, 0.15) is 18.6 Å². The minimum absolute atomic E-state index is 0.0256. The molecule has 0 saturated carbocycles. The second-order valence-corrected chi connectivity index (χ2v) is 3.76. The molecular formula is C11H13ClO5. The van der Waals surface area contributed by atoms with Crippen molar-refractivity contribution in [1.82, 2.24) is 0 Å². The first kappa shape index (κ1) is 13.8. The second-order valence-electron chi connectivity index (χ2n) is 3.35. The molecule has 6 heteroatoms. The quantitative estimate of drug-likeness (QED) is 0.703. The van der Waals surface area contributed by atoms with Gasteiger partial charge in [0.05, 0.1) is 11.6 Å². The Balaban J connectivity index is 2.84. The van der Waals surface area contributed by atoms with Crippen molar-refractivity contribution in [3.05, 3.63) is 28.8 Å². The average Bonchev–Trinajstić information content (AvgIpc) is 2.31. The molecule has 2 unspecified atom stereocenters. The molecule has 3 N–H and O–H groups in total. The van der Waals surface area contributed by atoms with Crippen LogP contribution in [0.15, 0.2) is 18.2 Å². The molecule has 0 heterocycles. The smallest absolute Gasteiger partial charge is 0.338 e. The highest BCUT2D eigenvalue weighted by molar-refractivity contribution is 6.32. The minimum atomic E-state index is -1.68. The number of benzene rings is 1. The van der Waals surface area contributed by atoms with E-state index in [0.717, 1.165) is 0 Å². The van der Waals surface area contributed by atoms with E-state index in [1.165, 1.54) is 18.2 Å². The van der Waals surface area contributed by atoms with Crippen LogP contribution in [0, 0.1) is 0 Å². The maximum absolute atomic E-state index is 11.2. The molecule has 1 aromatic carbocycles. The number of carbonyl (C=O) groups excluding carboxylic acids is 1. The van der Waals surface area contributed by atoms with Gasteiger partial charge in [-0.1, -0.05) is 17.7 Å². The molecule has 5 nitrogen and oxygen atoms in total. The Labute approximate surface area is 103 Å². The monoisotopic (exact) mass is 260 g/mol. The van der Waals surface area contributed by atoms with Crippen LogP contribution in [-0.2, 0) is 9.53 Å². The van der Waals surface area contributed by atoms with E-state index in [-0.39, 0.29) is 22.9 Å². The zero-order chi connectivity index (χ0) is 13.0. The summed E-state index contributed by atoms with van der Waals surface area (Å²) < 4.78 is 4.57. The van der Waals surface area contributed by atoms with Gasteiger partial charge in [0.2, 0.25) is 0 Å². The average molecular weight is 261 g/mol. The van der Waals surface area contributed by atoms with Crippen molar-refractivity contribution < 1.29 is 24.9 Å². The molecule has 0 radical (unpaired) electrons. The highest BCUT2D eigenvalue weighted by Crippen LogP contribution is 2.28. The zero-order valence-corrected chi connectivity index (χ0v) is 9.89. The summed E-state index contributed by atoms with van der Waals surface area (Å²) in [6.07, 6.45) is -3.14. The van der Waals surface area contributed by atoms with E-state index in [1.54, 1.807) is 6.92 Å². The molecule has 1 aromatic rings. The van der Waals surface area contributed by atoms with E-state index in [4.69, 9.17) is 11.6 Å². The number of ether oxygens (including phenoxy) is 1. The number of phenolic OH excluding ortho intramolecular Hbond substituents is 1. The summed E-state index contributed by atoms with van der Waals surface area (Å²) in [7, 11) is 0. The fourth-order valence-corrected chi connectivity index (χ4v) is 1.43. The van der Waals surface area contributed by atoms with Crippen molar-refractivity contribution >= 4 is 17.6 Å². The number of hydrogen-bond acceptors (Lipinski definition) is 5. The van der Waals surface area contributed by atoms with E-state index in [0.29, 0.717) is 0 Å². The van der Waals surface area contributed by atoms with Gasteiger partial charge in [-0.25, -0.2) is 4.79 Å². The van der Waals surface area contributed by atoms with Crippen molar-refractivity contribution in [3.63, 3.8) is 0 Å². The molecule has 94 valence electrons. The predicted octanol–water partition coefficient (Wildman–Crippen LogP) is 1.00. The molecule has 1 rings (SSSR count). The summed E-state index contributed by atoms with van der Waals surface area (Å²) >= 11 is 5.64. The highest BCUT2D eigenvalue weighted by atomic mass is 35.5. The summed E-state index contributed by atoms with van der Waals surface area (Å²) in [5, 5.41) is 28.4. The minimum Gasteiger partial charge on any atom is -0.506 e. The van der Waals surface area contributed by atoms with Gasteiger partial charge in [-0.05, 0) is 24.6 Å². The predicted molar refractivity (Wildman–Crippen MR) is 60.7 cm³/mol. The Morgan fingerprint density at radius 1 is 1.47 bits per heavy atom. The van der Waals surface area contributed by atoms with E-state index < -0.39 is 18.2 Å². The summed E-state index contributed by atoms with van der Waals surface area (Å²) in [4.78, 5) is 11.2. The lowest BCUT2D eigenvalue weighted by molar-refractivity contribution is -0.159. The lowest BCUT2D eigenvalue weighted by Crippen LogP contribution is -2.29. The van der Waals surface area contributed by atoms with Crippen molar-refractivity contribution in [2.24, 2.45) is 0 Å². The molecule has 0 amide bonds. The van der Waals surface area contributed by atoms with Gasteiger partial charge >= 0.3 is 5.97 Å². The zero-order valence-electron chi connectivity index (χ0n) is 9.13. The van der Waals surface area contributed by atoms with Crippen LogP contribution in [0.25, 0.3) is 0 Å². The lowest BCUT2D eigenvalue weighted by Gasteiger charge is -2.17. The maximum Gasteiger partial charge on any atom is 0.338 e. The molecular weight excluding hydrogens is 248 g/mol. The molecule has 0 aliphatic heterocycles. The van der Waals surface area contributed by atoms with E-state index in [9.17, 15) is 20.1 Å². The molecule has 0 fully saturated rings. The summed E-state index contributed by atoms with van der Waals surface area (Å²) in [5.41, 5.74) is 0.216. The molecule has 17 heavy (non-hydrogen) atoms. The van der Waals surface area contributed by atoms with Crippen molar-refractivity contribution in [2.75, 3.05) is 6.61 Å². The number of aromatic hydroxyl groups is 1. The van der Waals surface area contributed by atoms with Crippen LogP contribution in [0.4, 0.5) is 0 Å². The van der Waals surface area contributed by atoms with Crippen LogP contribution >= 0.6 is 11.6 Å². The summed E-state index contributed by atoms with van der Waals surface area (Å²) in [6, 6.07) is 3.89. The largest absolute Gasteiger partial charge is 0.506 e. The number of esters is 1. The first-order chi connectivity index (χ1) is 7.97. The van der Waals surface area contributed by atoms with Gasteiger partial charge < -0.3 is 20.1 Å². The Kier molecular flexibility index (Phi) is 4.74. The van der Waals surface area contributed by atoms with Gasteiger partial charge in [-0.2, -0.15) is 0 Å². The van der Waals surface area contributed by atoms with Crippen LogP contribution < -0.4 is 0 Å². The van der Waals surface area contributed by atoms with Crippen molar-refractivity contribution in [1.29, 1.82) is 0 Å². The summed E-state index contributed by atoms with van der Waals surface area (Å²) in [6.45, 7) is 1.70. The fourth-order valence-electron chi connectivity index (χ4n) is 1.25. The Morgan fingerprint density at radius 3 is 2.65 bits per heavy atom. The van der Waals surface area contributed by atoms with Gasteiger partial charge in [-0.3, -0.25) is 0 Å². The second kappa shape index (κ2) is 5.86. The third-order valence-corrected chi connectivity index (χ3v) is 2.44. The van der Waals surface area contributed by atoms with Gasteiger partial charge in [-0.15, -0.1) is 0 Å². The van der Waals surface area contributed by atoms with E-state index in [1.807, 2.05) is 0 Å². The first-order valence-electron chi connectivity index (χ1n) is 4.98. The summed E-state index contributed by atoms with van der Waals surface area (Å²) in [5.74, 6) is -1.06. The molecule has 2 atom stereocenters. The normalized spacial score (nSPS) is 14.1. The van der Waals surface area contributed by atoms with Gasteiger partial charge in [0.1, 0.15) is 11.9 Å². The lowest BCUT2D eigenvalue weighted by atomic mass is 10.0. The van der Waals surface area contributed by atoms with Gasteiger partial charge in [0.15, 0.2) is 6.10 Å². The molecule has 0 spiro atoms.